The number of hydrogen-bond donors (Lipinski definition) is 0. The van der Waals surface area contributed by atoms with Gasteiger partial charge >= 0.3 is 0 Å². The molecule has 1 heterocycles. The molecule has 0 aliphatic heterocycles. The maximum Gasteiger partial charge on any atom is 0.0362 e. The second-order valence-electron chi connectivity index (χ2n) is 7.71. The lowest BCUT2D eigenvalue weighted by atomic mass is 9.90. The highest BCUT2D eigenvalue weighted by molar-refractivity contribution is 7.26. The number of hydrogen-bond acceptors (Lipinski definition) is 1. The minimum absolute atomic E-state index is 1.31. The van der Waals surface area contributed by atoms with Crippen LogP contribution in [0, 0.1) is 0 Å². The minimum atomic E-state index is 1.31. The molecule has 0 nitrogen and oxygen atoms in total. The molecule has 0 N–H and O–H groups in total. The Morgan fingerprint density at radius 2 is 0.897 bits per heavy atom. The van der Waals surface area contributed by atoms with Gasteiger partial charge in [-0.3, -0.25) is 0 Å². The van der Waals surface area contributed by atoms with Crippen molar-refractivity contribution in [2.75, 3.05) is 0 Å². The van der Waals surface area contributed by atoms with Gasteiger partial charge in [-0.05, 0) is 55.2 Å². The van der Waals surface area contributed by atoms with Crippen LogP contribution in [0.1, 0.15) is 0 Å². The van der Waals surface area contributed by atoms with Crippen LogP contribution >= 0.6 is 11.3 Å². The van der Waals surface area contributed by atoms with Gasteiger partial charge in [0.15, 0.2) is 0 Å². The number of thiophene rings is 1. The molecular formula is C28H16S. The number of benzene rings is 6. The molecule has 0 amide bonds. The molecule has 0 saturated heterocycles. The first-order valence-corrected chi connectivity index (χ1v) is 10.8. The summed E-state index contributed by atoms with van der Waals surface area (Å²) in [6, 6.07) is 35.7. The Morgan fingerprint density at radius 1 is 0.345 bits per heavy atom. The summed E-state index contributed by atoms with van der Waals surface area (Å²) in [5, 5.41) is 13.5. The molecule has 0 fully saturated rings. The molecular weight excluding hydrogens is 368 g/mol. The van der Waals surface area contributed by atoms with Crippen LogP contribution < -0.4 is 0 Å². The predicted octanol–water partition coefficient (Wildman–Crippen LogP) is 8.67. The fourth-order valence-electron chi connectivity index (χ4n) is 5.03. The van der Waals surface area contributed by atoms with E-state index in [2.05, 4.69) is 97.1 Å². The first kappa shape index (κ1) is 15.5. The van der Waals surface area contributed by atoms with Crippen LogP contribution in [-0.4, -0.2) is 0 Å². The molecule has 0 atom stereocenters. The Hall–Kier alpha value is -3.42. The van der Waals surface area contributed by atoms with Crippen LogP contribution in [0.25, 0.3) is 63.3 Å². The molecule has 6 aromatic carbocycles. The zero-order valence-electron chi connectivity index (χ0n) is 15.6. The zero-order valence-corrected chi connectivity index (χ0v) is 16.5. The van der Waals surface area contributed by atoms with Crippen LogP contribution in [0.5, 0.6) is 0 Å². The van der Waals surface area contributed by atoms with Gasteiger partial charge in [-0.15, -0.1) is 11.3 Å². The van der Waals surface area contributed by atoms with Crippen LogP contribution in [0.15, 0.2) is 97.1 Å². The van der Waals surface area contributed by atoms with Crippen molar-refractivity contribution in [3.8, 4) is 0 Å². The van der Waals surface area contributed by atoms with Crippen molar-refractivity contribution in [1.29, 1.82) is 0 Å². The van der Waals surface area contributed by atoms with Crippen molar-refractivity contribution in [2.45, 2.75) is 0 Å². The van der Waals surface area contributed by atoms with Crippen LogP contribution in [-0.2, 0) is 0 Å². The summed E-state index contributed by atoms with van der Waals surface area (Å²) in [4.78, 5) is 0. The molecule has 0 unspecified atom stereocenters. The van der Waals surface area contributed by atoms with E-state index in [1.165, 1.54) is 63.3 Å². The highest BCUT2D eigenvalue weighted by atomic mass is 32.1. The molecule has 0 saturated carbocycles. The van der Waals surface area contributed by atoms with Gasteiger partial charge in [0, 0.05) is 20.2 Å². The molecule has 0 radical (unpaired) electrons. The lowest BCUT2D eigenvalue weighted by molar-refractivity contribution is 1.79. The van der Waals surface area contributed by atoms with Gasteiger partial charge in [0.2, 0.25) is 0 Å². The van der Waals surface area contributed by atoms with Crippen molar-refractivity contribution in [3.05, 3.63) is 97.1 Å². The number of fused-ring (bicyclic) bond motifs is 12. The van der Waals surface area contributed by atoms with Crippen LogP contribution in [0.4, 0.5) is 0 Å². The molecule has 7 rings (SSSR count). The fraction of sp³-hybridized carbons (Fsp3) is 0. The molecule has 0 bridgehead atoms. The molecule has 29 heavy (non-hydrogen) atoms. The lowest BCUT2D eigenvalue weighted by Gasteiger charge is -2.13. The average molecular weight is 385 g/mol. The van der Waals surface area contributed by atoms with Crippen molar-refractivity contribution in [1.82, 2.24) is 0 Å². The van der Waals surface area contributed by atoms with E-state index in [-0.39, 0.29) is 0 Å². The Kier molecular flexibility index (Phi) is 2.97. The summed E-state index contributed by atoms with van der Waals surface area (Å²) in [7, 11) is 0. The van der Waals surface area contributed by atoms with Gasteiger partial charge in [-0.1, -0.05) is 84.9 Å². The van der Waals surface area contributed by atoms with E-state index in [1.807, 2.05) is 11.3 Å². The summed E-state index contributed by atoms with van der Waals surface area (Å²) in [6.45, 7) is 0. The number of rotatable bonds is 0. The second kappa shape index (κ2) is 5.56. The smallest absolute Gasteiger partial charge is 0.0362 e. The van der Waals surface area contributed by atoms with E-state index in [0.717, 1.165) is 0 Å². The summed E-state index contributed by atoms with van der Waals surface area (Å²) >= 11 is 1.89. The summed E-state index contributed by atoms with van der Waals surface area (Å²) in [5.74, 6) is 0. The minimum Gasteiger partial charge on any atom is -0.135 e. The third kappa shape index (κ3) is 1.98. The molecule has 0 aliphatic rings. The molecule has 1 heteroatoms. The maximum absolute atomic E-state index is 2.31. The first-order chi connectivity index (χ1) is 14.4. The summed E-state index contributed by atoms with van der Waals surface area (Å²) in [5.41, 5.74) is 0. The van der Waals surface area contributed by atoms with Crippen LogP contribution in [0.2, 0.25) is 0 Å². The predicted molar refractivity (Wildman–Crippen MR) is 129 cm³/mol. The van der Waals surface area contributed by atoms with Crippen molar-refractivity contribution >= 4 is 74.6 Å². The average Bonchev–Trinajstić information content (AvgIpc) is 3.17. The fourth-order valence-corrected chi connectivity index (χ4v) is 6.14. The topological polar surface area (TPSA) is 0 Å². The van der Waals surface area contributed by atoms with Gasteiger partial charge in [-0.25, -0.2) is 0 Å². The molecule has 7 aromatic rings. The summed E-state index contributed by atoms with van der Waals surface area (Å²) in [6.07, 6.45) is 0. The molecule has 1 aromatic heterocycles. The Bertz CT molecular complexity index is 1720. The van der Waals surface area contributed by atoms with E-state index in [0.29, 0.717) is 0 Å². The van der Waals surface area contributed by atoms with E-state index >= 15 is 0 Å². The monoisotopic (exact) mass is 384 g/mol. The van der Waals surface area contributed by atoms with Gasteiger partial charge in [0.1, 0.15) is 0 Å². The third-order valence-electron chi connectivity index (χ3n) is 6.23. The van der Waals surface area contributed by atoms with Gasteiger partial charge in [-0.2, -0.15) is 0 Å². The molecule has 0 spiro atoms. The normalized spacial score (nSPS) is 12.1. The highest BCUT2D eigenvalue weighted by Crippen LogP contribution is 2.44. The first-order valence-electron chi connectivity index (χ1n) is 9.96. The van der Waals surface area contributed by atoms with Crippen molar-refractivity contribution in [3.63, 3.8) is 0 Å². The molecule has 134 valence electrons. The van der Waals surface area contributed by atoms with Gasteiger partial charge in [0.05, 0.1) is 0 Å². The van der Waals surface area contributed by atoms with Gasteiger partial charge in [0.25, 0.3) is 0 Å². The quantitative estimate of drug-likeness (QED) is 0.229. The highest BCUT2D eigenvalue weighted by Gasteiger charge is 2.15. The van der Waals surface area contributed by atoms with E-state index in [4.69, 9.17) is 0 Å². The molecule has 0 aliphatic carbocycles. The summed E-state index contributed by atoms with van der Waals surface area (Å²) < 4.78 is 2.72. The SMILES string of the molecule is c1ccc2c(c1)sc1ccc3ccc4c5ccccc5c5ccccc5c4c3c12. The van der Waals surface area contributed by atoms with Crippen molar-refractivity contribution in [2.24, 2.45) is 0 Å². The third-order valence-corrected chi connectivity index (χ3v) is 7.36. The lowest BCUT2D eigenvalue weighted by Crippen LogP contribution is -1.85. The Labute approximate surface area is 171 Å². The van der Waals surface area contributed by atoms with E-state index < -0.39 is 0 Å². The van der Waals surface area contributed by atoms with Crippen LogP contribution in [0.3, 0.4) is 0 Å². The van der Waals surface area contributed by atoms with E-state index in [9.17, 15) is 0 Å². The van der Waals surface area contributed by atoms with E-state index in [1.54, 1.807) is 0 Å². The maximum atomic E-state index is 2.31. The largest absolute Gasteiger partial charge is 0.135 e. The standard InChI is InChI=1S/C28H16S/c1-2-9-20-18(7-1)19-8-3-4-10-21(19)27-22(20)15-13-17-14-16-25-28(26(17)27)23-11-5-6-12-24(23)29-25/h1-16H. The Morgan fingerprint density at radius 3 is 1.66 bits per heavy atom. The zero-order chi connectivity index (χ0) is 18.9. The Balaban J connectivity index is 1.91. The second-order valence-corrected chi connectivity index (χ2v) is 8.80. The van der Waals surface area contributed by atoms with Crippen molar-refractivity contribution < 1.29 is 0 Å². The van der Waals surface area contributed by atoms with Gasteiger partial charge < -0.3 is 0 Å².